The van der Waals surface area contributed by atoms with E-state index in [0.29, 0.717) is 0 Å². The number of hydrogen-bond donors (Lipinski definition) is 1. The maximum absolute atomic E-state index is 8.93. The third kappa shape index (κ3) is 2.22. The van der Waals surface area contributed by atoms with Crippen LogP contribution in [0, 0.1) is 6.92 Å². The Labute approximate surface area is 89.2 Å². The Morgan fingerprint density at radius 1 is 1.13 bits per heavy atom. The van der Waals surface area contributed by atoms with Crippen molar-refractivity contribution < 1.29 is 5.11 Å². The maximum atomic E-state index is 8.93. The number of benzene rings is 1. The molecule has 0 amide bonds. The predicted molar refractivity (Wildman–Crippen MR) is 60.3 cm³/mol. The second kappa shape index (κ2) is 4.24. The van der Waals surface area contributed by atoms with E-state index in [-0.39, 0.29) is 6.61 Å². The van der Waals surface area contributed by atoms with E-state index < -0.39 is 0 Å². The molecular formula is C13H13NO. The summed E-state index contributed by atoms with van der Waals surface area (Å²) < 4.78 is 0. The molecule has 0 atom stereocenters. The van der Waals surface area contributed by atoms with Crippen LogP contribution in [-0.2, 0) is 6.61 Å². The molecule has 0 saturated carbocycles. The Morgan fingerprint density at radius 2 is 1.87 bits per heavy atom. The first-order valence-corrected chi connectivity index (χ1v) is 4.92. The zero-order valence-corrected chi connectivity index (χ0v) is 8.64. The monoisotopic (exact) mass is 199 g/mol. The van der Waals surface area contributed by atoms with Gasteiger partial charge in [0.15, 0.2) is 0 Å². The number of hydrogen-bond acceptors (Lipinski definition) is 2. The molecule has 1 aromatic carbocycles. The quantitative estimate of drug-likeness (QED) is 0.806. The van der Waals surface area contributed by atoms with Gasteiger partial charge in [-0.05, 0) is 30.2 Å². The average Bonchev–Trinajstić information content (AvgIpc) is 2.29. The topological polar surface area (TPSA) is 33.1 Å². The minimum absolute atomic E-state index is 0.0848. The van der Waals surface area contributed by atoms with Crippen LogP contribution >= 0.6 is 0 Å². The molecule has 2 rings (SSSR count). The molecule has 0 aliphatic carbocycles. The van der Waals surface area contributed by atoms with Crippen molar-refractivity contribution in [3.8, 4) is 11.3 Å². The number of pyridine rings is 1. The molecule has 0 aliphatic heterocycles. The molecule has 2 aromatic rings. The van der Waals surface area contributed by atoms with E-state index in [9.17, 15) is 0 Å². The van der Waals surface area contributed by atoms with Crippen LogP contribution in [0.4, 0.5) is 0 Å². The summed E-state index contributed by atoms with van der Waals surface area (Å²) in [6.07, 6.45) is 1.81. The molecular weight excluding hydrogens is 186 g/mol. The molecule has 1 heterocycles. The van der Waals surface area contributed by atoms with Gasteiger partial charge in [0, 0.05) is 11.8 Å². The molecule has 1 aromatic heterocycles. The smallest absolute Gasteiger partial charge is 0.0704 e. The highest BCUT2D eigenvalue weighted by Gasteiger charge is 1.98. The predicted octanol–water partition coefficient (Wildman–Crippen LogP) is 2.55. The van der Waals surface area contributed by atoms with Crippen molar-refractivity contribution in [2.24, 2.45) is 0 Å². The number of aryl methyl sites for hydroxylation is 1. The molecule has 0 radical (unpaired) electrons. The van der Waals surface area contributed by atoms with Gasteiger partial charge in [-0.1, -0.05) is 24.3 Å². The number of aromatic nitrogens is 1. The van der Waals surface area contributed by atoms with Crippen molar-refractivity contribution >= 4 is 0 Å². The Kier molecular flexibility index (Phi) is 2.79. The fourth-order valence-corrected chi connectivity index (χ4v) is 1.47. The van der Waals surface area contributed by atoms with Crippen LogP contribution in [0.15, 0.2) is 42.6 Å². The summed E-state index contributed by atoms with van der Waals surface area (Å²) in [6, 6.07) is 11.8. The highest BCUT2D eigenvalue weighted by molar-refractivity contribution is 5.59. The van der Waals surface area contributed by atoms with Crippen molar-refractivity contribution in [3.63, 3.8) is 0 Å². The van der Waals surface area contributed by atoms with Gasteiger partial charge < -0.3 is 5.11 Å². The molecule has 0 bridgehead atoms. The van der Waals surface area contributed by atoms with Gasteiger partial charge in [0.1, 0.15) is 0 Å². The maximum Gasteiger partial charge on any atom is 0.0704 e. The van der Waals surface area contributed by atoms with Crippen LogP contribution in [0.1, 0.15) is 11.1 Å². The zero-order valence-electron chi connectivity index (χ0n) is 8.64. The Bertz CT molecular complexity index is 448. The zero-order chi connectivity index (χ0) is 10.7. The summed E-state index contributed by atoms with van der Waals surface area (Å²) in [5.41, 5.74) is 4.17. The van der Waals surface area contributed by atoms with E-state index in [1.807, 2.05) is 49.5 Å². The summed E-state index contributed by atoms with van der Waals surface area (Å²) in [4.78, 5) is 4.30. The number of rotatable bonds is 2. The normalized spacial score (nSPS) is 10.3. The van der Waals surface area contributed by atoms with Crippen molar-refractivity contribution in [1.82, 2.24) is 4.98 Å². The number of nitrogens with zero attached hydrogens (tertiary/aromatic N) is 1. The van der Waals surface area contributed by atoms with Crippen molar-refractivity contribution in [3.05, 3.63) is 53.7 Å². The fraction of sp³-hybridized carbons (Fsp3) is 0.154. The molecule has 15 heavy (non-hydrogen) atoms. The number of aliphatic hydroxyl groups is 1. The van der Waals surface area contributed by atoms with Crippen molar-refractivity contribution in [2.75, 3.05) is 0 Å². The van der Waals surface area contributed by atoms with Crippen LogP contribution < -0.4 is 0 Å². The lowest BCUT2D eigenvalue weighted by molar-refractivity contribution is 0.282. The van der Waals surface area contributed by atoms with Crippen molar-refractivity contribution in [1.29, 1.82) is 0 Å². The summed E-state index contributed by atoms with van der Waals surface area (Å²) in [5.74, 6) is 0. The van der Waals surface area contributed by atoms with Gasteiger partial charge in [-0.3, -0.25) is 4.98 Å². The van der Waals surface area contributed by atoms with Crippen LogP contribution in [0.25, 0.3) is 11.3 Å². The van der Waals surface area contributed by atoms with Gasteiger partial charge in [0.2, 0.25) is 0 Å². The lowest BCUT2D eigenvalue weighted by Crippen LogP contribution is -1.86. The lowest BCUT2D eigenvalue weighted by Gasteiger charge is -2.02. The molecule has 1 N–H and O–H groups in total. The first-order valence-electron chi connectivity index (χ1n) is 4.92. The third-order valence-electron chi connectivity index (χ3n) is 2.35. The SMILES string of the molecule is Cc1ccnc(-c2ccc(CO)cc2)c1. The first-order chi connectivity index (χ1) is 7.29. The Balaban J connectivity index is 2.37. The number of aliphatic hydroxyl groups excluding tert-OH is 1. The summed E-state index contributed by atoms with van der Waals surface area (Å²) in [7, 11) is 0. The molecule has 2 nitrogen and oxygen atoms in total. The highest BCUT2D eigenvalue weighted by atomic mass is 16.3. The van der Waals surface area contributed by atoms with Crippen LogP contribution in [0.3, 0.4) is 0 Å². The average molecular weight is 199 g/mol. The van der Waals surface area contributed by atoms with Gasteiger partial charge in [0.25, 0.3) is 0 Å². The summed E-state index contributed by atoms with van der Waals surface area (Å²) in [6.45, 7) is 2.13. The van der Waals surface area contributed by atoms with Gasteiger partial charge in [-0.25, -0.2) is 0 Å². The van der Waals surface area contributed by atoms with Crippen molar-refractivity contribution in [2.45, 2.75) is 13.5 Å². The standard InChI is InChI=1S/C13H13NO/c1-10-6-7-14-13(8-10)12-4-2-11(9-15)3-5-12/h2-8,15H,9H2,1H3. The fourth-order valence-electron chi connectivity index (χ4n) is 1.47. The largest absolute Gasteiger partial charge is 0.392 e. The van der Waals surface area contributed by atoms with Crippen LogP contribution in [-0.4, -0.2) is 10.1 Å². The van der Waals surface area contributed by atoms with Gasteiger partial charge in [-0.2, -0.15) is 0 Å². The second-order valence-corrected chi connectivity index (χ2v) is 3.57. The van der Waals surface area contributed by atoms with E-state index in [1.54, 1.807) is 0 Å². The molecule has 0 spiro atoms. The molecule has 76 valence electrons. The summed E-state index contributed by atoms with van der Waals surface area (Å²) >= 11 is 0. The molecule has 0 saturated heterocycles. The minimum atomic E-state index is 0.0848. The van der Waals surface area contributed by atoms with E-state index in [0.717, 1.165) is 16.8 Å². The molecule has 0 fully saturated rings. The Morgan fingerprint density at radius 3 is 2.47 bits per heavy atom. The molecule has 0 unspecified atom stereocenters. The minimum Gasteiger partial charge on any atom is -0.392 e. The van der Waals surface area contributed by atoms with Crippen LogP contribution in [0.2, 0.25) is 0 Å². The van der Waals surface area contributed by atoms with Gasteiger partial charge in [0.05, 0.1) is 12.3 Å². The summed E-state index contributed by atoms with van der Waals surface area (Å²) in [5, 5.41) is 8.93. The van der Waals surface area contributed by atoms with E-state index in [1.165, 1.54) is 5.56 Å². The van der Waals surface area contributed by atoms with E-state index in [4.69, 9.17) is 5.11 Å². The van der Waals surface area contributed by atoms with Gasteiger partial charge >= 0.3 is 0 Å². The lowest BCUT2D eigenvalue weighted by atomic mass is 10.1. The Hall–Kier alpha value is -1.67. The third-order valence-corrected chi connectivity index (χ3v) is 2.35. The first kappa shape index (κ1) is 9.87. The second-order valence-electron chi connectivity index (χ2n) is 3.57. The van der Waals surface area contributed by atoms with E-state index in [2.05, 4.69) is 4.98 Å². The van der Waals surface area contributed by atoms with Gasteiger partial charge in [-0.15, -0.1) is 0 Å². The van der Waals surface area contributed by atoms with Crippen LogP contribution in [0.5, 0.6) is 0 Å². The molecule has 0 aliphatic rings. The highest BCUT2D eigenvalue weighted by Crippen LogP contribution is 2.18. The van der Waals surface area contributed by atoms with E-state index >= 15 is 0 Å². The molecule has 2 heteroatoms.